The second-order valence-electron chi connectivity index (χ2n) is 7.86. The quantitative estimate of drug-likeness (QED) is 0.429. The van der Waals surface area contributed by atoms with Crippen molar-refractivity contribution in [1.82, 2.24) is 15.2 Å². The van der Waals surface area contributed by atoms with Gasteiger partial charge in [0, 0.05) is 26.7 Å². The number of hydrogen-bond acceptors (Lipinski definition) is 7. The molecule has 0 bridgehead atoms. The minimum atomic E-state index is -4.49. The maximum atomic E-state index is 13.6. The first-order chi connectivity index (χ1) is 16.8. The molecule has 0 atom stereocenters. The predicted molar refractivity (Wildman–Crippen MR) is 118 cm³/mol. The van der Waals surface area contributed by atoms with E-state index in [9.17, 15) is 18.0 Å². The molecular formula is C24H24F3N3O5. The standard InChI is InChI=1S/C24H24F3N3O5/c1-32-9-8-28-23(31)19-14-33-22(29-19)13-30(11-16-6-7-20-21(10-16)35-15-34-20)12-17-4-2-3-5-18(17)24(25,26)27/h2-7,10,14H,8-9,11-13,15H2,1H3,(H,28,31). The van der Waals surface area contributed by atoms with Gasteiger partial charge in [-0.2, -0.15) is 13.2 Å². The van der Waals surface area contributed by atoms with Gasteiger partial charge in [0.05, 0.1) is 18.7 Å². The van der Waals surface area contributed by atoms with Crippen molar-refractivity contribution in [1.29, 1.82) is 0 Å². The van der Waals surface area contributed by atoms with Crippen molar-refractivity contribution in [2.45, 2.75) is 25.8 Å². The van der Waals surface area contributed by atoms with Gasteiger partial charge in [-0.25, -0.2) is 4.98 Å². The first kappa shape index (κ1) is 24.6. The number of methoxy groups -OCH3 is 1. The molecule has 1 aliphatic heterocycles. The monoisotopic (exact) mass is 491 g/mol. The molecular weight excluding hydrogens is 467 g/mol. The van der Waals surface area contributed by atoms with E-state index in [1.54, 1.807) is 23.1 Å². The number of aromatic nitrogens is 1. The molecule has 1 N–H and O–H groups in total. The van der Waals surface area contributed by atoms with E-state index in [0.29, 0.717) is 24.7 Å². The normalized spacial score (nSPS) is 12.8. The van der Waals surface area contributed by atoms with Gasteiger partial charge in [0.15, 0.2) is 17.2 Å². The first-order valence-electron chi connectivity index (χ1n) is 10.8. The maximum absolute atomic E-state index is 13.6. The summed E-state index contributed by atoms with van der Waals surface area (Å²) in [5, 5.41) is 2.64. The molecule has 8 nitrogen and oxygen atoms in total. The summed E-state index contributed by atoms with van der Waals surface area (Å²) in [4.78, 5) is 18.2. The van der Waals surface area contributed by atoms with Crippen molar-refractivity contribution in [2.75, 3.05) is 27.1 Å². The number of oxazole rings is 1. The number of nitrogens with zero attached hydrogens (tertiary/aromatic N) is 2. The third-order valence-corrected chi connectivity index (χ3v) is 5.29. The fourth-order valence-electron chi connectivity index (χ4n) is 3.68. The van der Waals surface area contributed by atoms with E-state index >= 15 is 0 Å². The Labute approximate surface area is 199 Å². The average molecular weight is 491 g/mol. The predicted octanol–water partition coefficient (Wildman–Crippen LogP) is 4.00. The van der Waals surface area contributed by atoms with E-state index in [-0.39, 0.29) is 43.6 Å². The number of halogens is 3. The smallest absolute Gasteiger partial charge is 0.416 e. The van der Waals surface area contributed by atoms with Gasteiger partial charge in [0.25, 0.3) is 5.91 Å². The number of hydrogen-bond donors (Lipinski definition) is 1. The summed E-state index contributed by atoms with van der Waals surface area (Å²) < 4.78 is 61.9. The number of benzene rings is 2. The molecule has 3 aromatic rings. The lowest BCUT2D eigenvalue weighted by Gasteiger charge is -2.23. The largest absolute Gasteiger partial charge is 0.454 e. The zero-order valence-electron chi connectivity index (χ0n) is 18.9. The zero-order valence-corrected chi connectivity index (χ0v) is 18.9. The van der Waals surface area contributed by atoms with Crippen LogP contribution in [0.1, 0.15) is 33.1 Å². The van der Waals surface area contributed by atoms with Crippen LogP contribution >= 0.6 is 0 Å². The van der Waals surface area contributed by atoms with Gasteiger partial charge in [-0.05, 0) is 29.3 Å². The van der Waals surface area contributed by atoms with Crippen molar-refractivity contribution < 1.29 is 36.6 Å². The van der Waals surface area contributed by atoms with Crippen molar-refractivity contribution in [3.8, 4) is 11.5 Å². The number of alkyl halides is 3. The highest BCUT2D eigenvalue weighted by Gasteiger charge is 2.33. The van der Waals surface area contributed by atoms with Gasteiger partial charge in [0.2, 0.25) is 12.7 Å². The van der Waals surface area contributed by atoms with E-state index in [4.69, 9.17) is 18.6 Å². The minimum Gasteiger partial charge on any atom is -0.454 e. The third kappa shape index (κ3) is 6.31. The Morgan fingerprint density at radius 1 is 1.11 bits per heavy atom. The maximum Gasteiger partial charge on any atom is 0.416 e. The Kier molecular flexibility index (Phi) is 7.57. The molecule has 0 radical (unpaired) electrons. The third-order valence-electron chi connectivity index (χ3n) is 5.29. The lowest BCUT2D eigenvalue weighted by molar-refractivity contribution is -0.138. The number of carbonyl (C=O) groups excluding carboxylic acids is 1. The average Bonchev–Trinajstić information content (AvgIpc) is 3.48. The minimum absolute atomic E-state index is 0.0259. The molecule has 4 rings (SSSR count). The molecule has 1 aromatic heterocycles. The molecule has 2 heterocycles. The molecule has 0 saturated carbocycles. The Balaban J connectivity index is 1.55. The number of fused-ring (bicyclic) bond motifs is 1. The fraction of sp³-hybridized carbons (Fsp3) is 0.333. The van der Waals surface area contributed by atoms with Gasteiger partial charge in [-0.1, -0.05) is 24.3 Å². The van der Waals surface area contributed by atoms with Crippen LogP contribution in [0.2, 0.25) is 0 Å². The zero-order chi connectivity index (χ0) is 24.8. The highest BCUT2D eigenvalue weighted by molar-refractivity contribution is 5.91. The Bertz CT molecular complexity index is 1170. The van der Waals surface area contributed by atoms with E-state index in [0.717, 1.165) is 11.6 Å². The van der Waals surface area contributed by atoms with E-state index in [1.165, 1.54) is 25.5 Å². The van der Waals surface area contributed by atoms with Gasteiger partial charge in [-0.3, -0.25) is 9.69 Å². The molecule has 0 spiro atoms. The Hall–Kier alpha value is -3.57. The van der Waals surface area contributed by atoms with Crippen molar-refractivity contribution in [2.24, 2.45) is 0 Å². The van der Waals surface area contributed by atoms with Gasteiger partial charge < -0.3 is 23.9 Å². The van der Waals surface area contributed by atoms with Crippen LogP contribution in [-0.2, 0) is 30.5 Å². The number of carbonyl (C=O) groups is 1. The Morgan fingerprint density at radius 2 is 1.91 bits per heavy atom. The van der Waals surface area contributed by atoms with Crippen LogP contribution in [0.15, 0.2) is 53.1 Å². The van der Waals surface area contributed by atoms with E-state index in [1.807, 2.05) is 6.07 Å². The molecule has 11 heteroatoms. The Morgan fingerprint density at radius 3 is 2.71 bits per heavy atom. The summed E-state index contributed by atoms with van der Waals surface area (Å²) >= 11 is 0. The molecule has 0 fully saturated rings. The van der Waals surface area contributed by atoms with E-state index < -0.39 is 17.6 Å². The number of amides is 1. The molecule has 0 unspecified atom stereocenters. The van der Waals surface area contributed by atoms with Crippen molar-refractivity contribution in [3.05, 3.63) is 77.0 Å². The van der Waals surface area contributed by atoms with Crippen LogP contribution in [0.4, 0.5) is 13.2 Å². The fourth-order valence-corrected chi connectivity index (χ4v) is 3.68. The molecule has 1 aliphatic rings. The van der Waals surface area contributed by atoms with Crippen LogP contribution in [-0.4, -0.2) is 42.8 Å². The van der Waals surface area contributed by atoms with Crippen LogP contribution in [0.3, 0.4) is 0 Å². The molecule has 2 aromatic carbocycles. The summed E-state index contributed by atoms with van der Waals surface area (Å²) in [6.45, 7) is 1.10. The first-order valence-corrected chi connectivity index (χ1v) is 10.8. The van der Waals surface area contributed by atoms with Crippen LogP contribution in [0.25, 0.3) is 0 Å². The summed E-state index contributed by atoms with van der Waals surface area (Å²) in [6, 6.07) is 10.8. The topological polar surface area (TPSA) is 86.1 Å². The lowest BCUT2D eigenvalue weighted by Crippen LogP contribution is -2.27. The highest BCUT2D eigenvalue weighted by atomic mass is 19.4. The summed E-state index contributed by atoms with van der Waals surface area (Å²) in [6.07, 6.45) is -3.27. The van der Waals surface area contributed by atoms with Gasteiger partial charge >= 0.3 is 6.18 Å². The summed E-state index contributed by atoms with van der Waals surface area (Å²) in [5.41, 5.74) is 0.295. The lowest BCUT2D eigenvalue weighted by atomic mass is 10.1. The van der Waals surface area contributed by atoms with E-state index in [2.05, 4.69) is 10.3 Å². The molecule has 0 saturated heterocycles. The molecule has 1 amide bonds. The number of nitrogens with one attached hydrogen (secondary N) is 1. The second kappa shape index (κ2) is 10.8. The van der Waals surface area contributed by atoms with Crippen LogP contribution in [0, 0.1) is 0 Å². The second-order valence-corrected chi connectivity index (χ2v) is 7.86. The van der Waals surface area contributed by atoms with Crippen molar-refractivity contribution in [3.63, 3.8) is 0 Å². The van der Waals surface area contributed by atoms with Gasteiger partial charge in [-0.15, -0.1) is 0 Å². The summed E-state index contributed by atoms with van der Waals surface area (Å²) in [7, 11) is 1.52. The number of ether oxygens (including phenoxy) is 3. The highest BCUT2D eigenvalue weighted by Crippen LogP contribution is 2.34. The van der Waals surface area contributed by atoms with Crippen LogP contribution < -0.4 is 14.8 Å². The van der Waals surface area contributed by atoms with Gasteiger partial charge in [0.1, 0.15) is 6.26 Å². The molecule has 0 aliphatic carbocycles. The number of rotatable bonds is 10. The van der Waals surface area contributed by atoms with Crippen LogP contribution in [0.5, 0.6) is 11.5 Å². The molecule has 186 valence electrons. The SMILES string of the molecule is COCCNC(=O)c1coc(CN(Cc2ccc3c(c2)OCO3)Cc2ccccc2C(F)(F)F)n1. The summed E-state index contributed by atoms with van der Waals surface area (Å²) in [5.74, 6) is 0.956. The molecule has 35 heavy (non-hydrogen) atoms. The van der Waals surface area contributed by atoms with Crippen molar-refractivity contribution >= 4 is 5.91 Å².